The predicted molar refractivity (Wildman–Crippen MR) is 92.2 cm³/mol. The summed E-state index contributed by atoms with van der Waals surface area (Å²) in [6.07, 6.45) is 6.16. The second-order valence-electron chi connectivity index (χ2n) is 7.11. The van der Waals surface area contributed by atoms with Crippen LogP contribution in [0.3, 0.4) is 0 Å². The van der Waals surface area contributed by atoms with Gasteiger partial charge in [-0.05, 0) is 25.8 Å². The monoisotopic (exact) mass is 335 g/mol. The van der Waals surface area contributed by atoms with E-state index < -0.39 is 17.9 Å². The van der Waals surface area contributed by atoms with Gasteiger partial charge in [-0.2, -0.15) is 0 Å². The normalized spacial score (nSPS) is 20.3. The van der Waals surface area contributed by atoms with Crippen LogP contribution in [-0.2, 0) is 14.4 Å². The smallest absolute Gasteiger partial charge is 0.254 e. The maximum Gasteiger partial charge on any atom is 0.254 e. The highest BCUT2D eigenvalue weighted by molar-refractivity contribution is 6.15. The summed E-state index contributed by atoms with van der Waals surface area (Å²) in [7, 11) is 0. The molecule has 1 fully saturated rings. The Kier molecular flexibility index (Phi) is 6.54. The molecule has 2 rings (SSSR count). The molecule has 0 spiro atoms. The number of unbranched alkanes of at least 4 members (excludes halogenated alkanes) is 1. The van der Waals surface area contributed by atoms with Crippen LogP contribution in [0.25, 0.3) is 0 Å². The Morgan fingerprint density at radius 1 is 1.00 bits per heavy atom. The number of piperazine rings is 1. The molecule has 24 heavy (non-hydrogen) atoms. The van der Waals surface area contributed by atoms with E-state index in [0.717, 1.165) is 30.5 Å². The molecule has 0 N–H and O–H groups in total. The van der Waals surface area contributed by atoms with Gasteiger partial charge in [0, 0.05) is 38.3 Å². The fourth-order valence-electron chi connectivity index (χ4n) is 3.25. The van der Waals surface area contributed by atoms with Crippen LogP contribution in [0, 0.1) is 5.92 Å². The Labute approximate surface area is 144 Å². The molecule has 0 bridgehead atoms. The number of hydrogen-bond acceptors (Lipinski definition) is 4. The molecule has 2 aliphatic heterocycles. The van der Waals surface area contributed by atoms with Gasteiger partial charge in [0.2, 0.25) is 5.91 Å². The highest BCUT2D eigenvalue weighted by atomic mass is 16.2. The quantitative estimate of drug-likeness (QED) is 0.519. The third-order valence-electron chi connectivity index (χ3n) is 4.78. The molecule has 134 valence electrons. The van der Waals surface area contributed by atoms with Crippen LogP contribution in [0.2, 0.25) is 0 Å². The van der Waals surface area contributed by atoms with Crippen molar-refractivity contribution in [3.63, 3.8) is 0 Å². The number of hydrogen-bond donors (Lipinski definition) is 0. The third kappa shape index (κ3) is 4.66. The third-order valence-corrected chi connectivity index (χ3v) is 4.78. The fourth-order valence-corrected chi connectivity index (χ4v) is 3.25. The fraction of sp³-hybridized carbons (Fsp3) is 0.722. The van der Waals surface area contributed by atoms with E-state index in [0.29, 0.717) is 13.1 Å². The van der Waals surface area contributed by atoms with Crippen molar-refractivity contribution in [1.29, 1.82) is 0 Å². The summed E-state index contributed by atoms with van der Waals surface area (Å²) in [5.41, 5.74) is 0. The van der Waals surface area contributed by atoms with Crippen LogP contribution in [-0.4, -0.2) is 71.2 Å². The molecule has 0 aliphatic carbocycles. The van der Waals surface area contributed by atoms with Crippen LogP contribution in [0.5, 0.6) is 0 Å². The molecule has 2 heterocycles. The van der Waals surface area contributed by atoms with Crippen LogP contribution in [0.4, 0.5) is 0 Å². The Morgan fingerprint density at radius 2 is 1.58 bits per heavy atom. The van der Waals surface area contributed by atoms with E-state index in [1.54, 1.807) is 11.8 Å². The van der Waals surface area contributed by atoms with Crippen molar-refractivity contribution >= 4 is 17.7 Å². The first-order valence-electron chi connectivity index (χ1n) is 8.96. The van der Waals surface area contributed by atoms with Gasteiger partial charge in [0.1, 0.15) is 6.04 Å². The van der Waals surface area contributed by atoms with Crippen LogP contribution in [0.15, 0.2) is 12.2 Å². The lowest BCUT2D eigenvalue weighted by atomic mass is 10.1. The van der Waals surface area contributed by atoms with Gasteiger partial charge < -0.3 is 4.90 Å². The maximum absolute atomic E-state index is 12.6. The van der Waals surface area contributed by atoms with E-state index in [1.807, 2.05) is 0 Å². The van der Waals surface area contributed by atoms with Crippen molar-refractivity contribution in [2.24, 2.45) is 5.92 Å². The lowest BCUT2D eigenvalue weighted by molar-refractivity contribution is -0.149. The average molecular weight is 335 g/mol. The minimum absolute atomic E-state index is 0.139. The second-order valence-corrected chi connectivity index (χ2v) is 7.11. The van der Waals surface area contributed by atoms with Crippen molar-refractivity contribution in [2.75, 3.05) is 32.7 Å². The van der Waals surface area contributed by atoms with Gasteiger partial charge in [-0.15, -0.1) is 0 Å². The van der Waals surface area contributed by atoms with Crippen molar-refractivity contribution in [1.82, 2.24) is 14.7 Å². The van der Waals surface area contributed by atoms with Crippen LogP contribution in [0.1, 0.15) is 40.0 Å². The molecule has 1 saturated heterocycles. The average Bonchev–Trinajstić information content (AvgIpc) is 2.89. The number of rotatable bonds is 7. The van der Waals surface area contributed by atoms with Crippen molar-refractivity contribution in [2.45, 2.75) is 46.1 Å². The topological polar surface area (TPSA) is 60.9 Å². The number of amides is 3. The van der Waals surface area contributed by atoms with Crippen LogP contribution < -0.4 is 0 Å². The van der Waals surface area contributed by atoms with Gasteiger partial charge in [0.15, 0.2) is 0 Å². The molecule has 0 aromatic heterocycles. The van der Waals surface area contributed by atoms with E-state index >= 15 is 0 Å². The highest BCUT2D eigenvalue weighted by Crippen LogP contribution is 2.14. The first-order valence-corrected chi connectivity index (χ1v) is 8.96. The van der Waals surface area contributed by atoms with Crippen molar-refractivity contribution < 1.29 is 14.4 Å². The zero-order valence-electron chi connectivity index (χ0n) is 15.0. The Bertz CT molecular complexity index is 490. The summed E-state index contributed by atoms with van der Waals surface area (Å²) in [5.74, 6) is -0.180. The summed E-state index contributed by atoms with van der Waals surface area (Å²) < 4.78 is 0. The van der Waals surface area contributed by atoms with E-state index in [1.165, 1.54) is 31.4 Å². The molecular weight excluding hydrogens is 306 g/mol. The van der Waals surface area contributed by atoms with Gasteiger partial charge >= 0.3 is 0 Å². The highest BCUT2D eigenvalue weighted by Gasteiger charge is 2.35. The van der Waals surface area contributed by atoms with Gasteiger partial charge in [0.25, 0.3) is 11.8 Å². The van der Waals surface area contributed by atoms with Gasteiger partial charge in [0.05, 0.1) is 0 Å². The maximum atomic E-state index is 12.6. The van der Waals surface area contributed by atoms with Crippen molar-refractivity contribution in [3.8, 4) is 0 Å². The van der Waals surface area contributed by atoms with Gasteiger partial charge in [-0.3, -0.25) is 24.2 Å². The number of nitrogens with zero attached hydrogens (tertiary/aromatic N) is 3. The summed E-state index contributed by atoms with van der Waals surface area (Å²) in [5, 5.41) is 0. The van der Waals surface area contributed by atoms with E-state index in [-0.39, 0.29) is 5.91 Å². The number of carbonyl (C=O) groups is 3. The Balaban J connectivity index is 1.74. The molecule has 0 saturated carbocycles. The van der Waals surface area contributed by atoms with E-state index in [2.05, 4.69) is 18.7 Å². The molecular formula is C18H29N3O3. The van der Waals surface area contributed by atoms with Gasteiger partial charge in [-0.25, -0.2) is 0 Å². The zero-order chi connectivity index (χ0) is 17.7. The molecule has 2 aliphatic rings. The summed E-state index contributed by atoms with van der Waals surface area (Å²) >= 11 is 0. The molecule has 1 atom stereocenters. The Hall–Kier alpha value is -1.69. The molecule has 6 heteroatoms. The standard InChI is InChI=1S/C18H29N3O3/c1-14(2)6-4-5-9-19-10-12-20(13-11-19)18(24)15(3)21-16(22)7-8-17(21)23/h7-8,14-15H,4-6,9-13H2,1-3H3. The van der Waals surface area contributed by atoms with Crippen LogP contribution >= 0.6 is 0 Å². The molecule has 6 nitrogen and oxygen atoms in total. The lowest BCUT2D eigenvalue weighted by Crippen LogP contribution is -2.55. The summed E-state index contributed by atoms with van der Waals surface area (Å²) in [6.45, 7) is 10.3. The lowest BCUT2D eigenvalue weighted by Gasteiger charge is -2.37. The molecule has 1 unspecified atom stereocenters. The molecule has 3 amide bonds. The van der Waals surface area contributed by atoms with E-state index in [9.17, 15) is 14.4 Å². The minimum atomic E-state index is -0.724. The molecule has 0 aromatic rings. The van der Waals surface area contributed by atoms with Gasteiger partial charge in [-0.1, -0.05) is 26.7 Å². The second kappa shape index (κ2) is 8.42. The van der Waals surface area contributed by atoms with E-state index in [4.69, 9.17) is 0 Å². The number of imide groups is 1. The zero-order valence-corrected chi connectivity index (χ0v) is 15.0. The first-order chi connectivity index (χ1) is 11.4. The Morgan fingerprint density at radius 3 is 2.12 bits per heavy atom. The van der Waals surface area contributed by atoms with Crippen molar-refractivity contribution in [3.05, 3.63) is 12.2 Å². The summed E-state index contributed by atoms with van der Waals surface area (Å²) in [6, 6.07) is -0.724. The first kappa shape index (κ1) is 18.6. The number of carbonyl (C=O) groups excluding carboxylic acids is 3. The SMILES string of the molecule is CC(C)CCCCN1CCN(C(=O)C(C)N2C(=O)C=CC2=O)CC1. The summed E-state index contributed by atoms with van der Waals surface area (Å²) in [4.78, 5) is 41.2. The largest absolute Gasteiger partial charge is 0.338 e. The predicted octanol–water partition coefficient (Wildman–Crippen LogP) is 1.27. The minimum Gasteiger partial charge on any atom is -0.338 e. The molecule has 0 aromatic carbocycles. The molecule has 0 radical (unpaired) electrons.